The van der Waals surface area contributed by atoms with Crippen molar-refractivity contribution < 1.29 is 29.6 Å². The van der Waals surface area contributed by atoms with Gasteiger partial charge in [-0.2, -0.15) is 0 Å². The Morgan fingerprint density at radius 1 is 1.56 bits per heavy atom. The van der Waals surface area contributed by atoms with Crippen molar-refractivity contribution in [2.24, 2.45) is 0 Å². The number of ether oxygens (including phenoxy) is 2. The van der Waals surface area contributed by atoms with Crippen molar-refractivity contribution >= 4 is 5.97 Å². The lowest BCUT2D eigenvalue weighted by molar-refractivity contribution is -0.149. The van der Waals surface area contributed by atoms with Gasteiger partial charge in [0, 0.05) is 0 Å². The van der Waals surface area contributed by atoms with Gasteiger partial charge in [-0.3, -0.25) is 0 Å². The fourth-order valence-electron chi connectivity index (χ4n) is 1.21. The maximum atomic E-state index is 11.3. The van der Waals surface area contributed by atoms with E-state index >= 15 is 0 Å². The number of hydrogen-bond acceptors (Lipinski definition) is 6. The molecule has 92 valence electrons. The summed E-state index contributed by atoms with van der Waals surface area (Å²) < 4.78 is 9.86. The van der Waals surface area contributed by atoms with Gasteiger partial charge in [-0.25, -0.2) is 4.79 Å². The van der Waals surface area contributed by atoms with Gasteiger partial charge >= 0.3 is 5.97 Å². The van der Waals surface area contributed by atoms with Crippen molar-refractivity contribution in [1.82, 2.24) is 0 Å². The lowest BCUT2D eigenvalue weighted by Gasteiger charge is -2.14. The summed E-state index contributed by atoms with van der Waals surface area (Å²) in [4.78, 5) is 11.3. The molecule has 16 heavy (non-hydrogen) atoms. The van der Waals surface area contributed by atoms with Crippen LogP contribution < -0.4 is 0 Å². The number of aliphatic hydroxyl groups is 3. The van der Waals surface area contributed by atoms with Crippen molar-refractivity contribution in [3.05, 3.63) is 11.5 Å². The first kappa shape index (κ1) is 12.8. The molecule has 1 unspecified atom stereocenters. The van der Waals surface area contributed by atoms with Crippen LogP contribution in [0.15, 0.2) is 11.5 Å². The normalized spacial score (nSPS) is 24.2. The van der Waals surface area contributed by atoms with Crippen LogP contribution in [0.2, 0.25) is 0 Å². The first-order valence-corrected chi connectivity index (χ1v) is 5.10. The van der Waals surface area contributed by atoms with Crippen molar-refractivity contribution in [2.75, 3.05) is 6.61 Å². The molecule has 1 aliphatic rings. The SMILES string of the molecule is CCC(C)OC1=C(O)[C@@H]([C@@H](O)CO)OC1=O. The summed E-state index contributed by atoms with van der Waals surface area (Å²) in [5.74, 6) is -1.57. The van der Waals surface area contributed by atoms with Crippen LogP contribution in [0.4, 0.5) is 0 Å². The number of rotatable bonds is 5. The van der Waals surface area contributed by atoms with Crippen molar-refractivity contribution in [3.63, 3.8) is 0 Å². The quantitative estimate of drug-likeness (QED) is 0.570. The zero-order valence-electron chi connectivity index (χ0n) is 9.21. The molecular formula is C10H16O6. The maximum Gasteiger partial charge on any atom is 0.378 e. The fraction of sp³-hybridized carbons (Fsp3) is 0.700. The Bertz CT molecular complexity index is 298. The summed E-state index contributed by atoms with van der Waals surface area (Å²) in [6, 6.07) is 0. The third-order valence-corrected chi connectivity index (χ3v) is 2.35. The second-order valence-corrected chi connectivity index (χ2v) is 3.63. The Hall–Kier alpha value is -1.27. The maximum absolute atomic E-state index is 11.3. The smallest absolute Gasteiger partial charge is 0.378 e. The van der Waals surface area contributed by atoms with Crippen LogP contribution in [-0.2, 0) is 14.3 Å². The summed E-state index contributed by atoms with van der Waals surface area (Å²) >= 11 is 0. The van der Waals surface area contributed by atoms with E-state index in [1.54, 1.807) is 6.92 Å². The molecule has 0 aliphatic carbocycles. The molecule has 1 heterocycles. The van der Waals surface area contributed by atoms with Gasteiger partial charge in [0.15, 0.2) is 11.9 Å². The number of carbonyl (C=O) groups is 1. The molecule has 0 amide bonds. The van der Waals surface area contributed by atoms with Crippen LogP contribution in [0, 0.1) is 0 Å². The molecular weight excluding hydrogens is 216 g/mol. The first-order chi connectivity index (χ1) is 7.51. The molecule has 0 aromatic heterocycles. The lowest BCUT2D eigenvalue weighted by Crippen LogP contribution is -2.31. The van der Waals surface area contributed by atoms with E-state index in [-0.39, 0.29) is 11.9 Å². The van der Waals surface area contributed by atoms with Gasteiger partial charge in [-0.15, -0.1) is 0 Å². The average molecular weight is 232 g/mol. The molecule has 0 aromatic carbocycles. The number of cyclic esters (lactones) is 1. The van der Waals surface area contributed by atoms with Crippen molar-refractivity contribution in [2.45, 2.75) is 38.6 Å². The Kier molecular flexibility index (Phi) is 4.14. The van der Waals surface area contributed by atoms with E-state index in [1.807, 2.05) is 6.92 Å². The van der Waals surface area contributed by atoms with E-state index in [2.05, 4.69) is 4.74 Å². The summed E-state index contributed by atoms with van der Waals surface area (Å²) in [5, 5.41) is 27.6. The summed E-state index contributed by atoms with van der Waals surface area (Å²) in [7, 11) is 0. The largest absolute Gasteiger partial charge is 0.505 e. The van der Waals surface area contributed by atoms with Gasteiger partial charge in [0.05, 0.1) is 12.7 Å². The van der Waals surface area contributed by atoms with Crippen LogP contribution in [0.1, 0.15) is 20.3 Å². The topological polar surface area (TPSA) is 96.2 Å². The van der Waals surface area contributed by atoms with Crippen LogP contribution in [0.3, 0.4) is 0 Å². The molecule has 0 spiro atoms. The van der Waals surface area contributed by atoms with Crippen LogP contribution in [0.5, 0.6) is 0 Å². The van der Waals surface area contributed by atoms with Crippen LogP contribution in [-0.4, -0.2) is 46.2 Å². The van der Waals surface area contributed by atoms with Crippen LogP contribution in [0.25, 0.3) is 0 Å². The molecule has 0 saturated carbocycles. The molecule has 1 rings (SSSR count). The number of esters is 1. The van der Waals surface area contributed by atoms with E-state index in [9.17, 15) is 15.0 Å². The highest BCUT2D eigenvalue weighted by Crippen LogP contribution is 2.25. The molecule has 6 nitrogen and oxygen atoms in total. The van der Waals surface area contributed by atoms with E-state index in [1.165, 1.54) is 0 Å². The van der Waals surface area contributed by atoms with Gasteiger partial charge in [0.2, 0.25) is 5.76 Å². The highest BCUT2D eigenvalue weighted by atomic mass is 16.6. The highest BCUT2D eigenvalue weighted by molar-refractivity contribution is 5.89. The van der Waals surface area contributed by atoms with E-state index in [0.29, 0.717) is 6.42 Å². The average Bonchev–Trinajstić information content (AvgIpc) is 2.55. The van der Waals surface area contributed by atoms with Gasteiger partial charge in [0.1, 0.15) is 6.10 Å². The Labute approximate surface area is 93.1 Å². The molecule has 3 N–H and O–H groups in total. The first-order valence-electron chi connectivity index (χ1n) is 5.10. The van der Waals surface area contributed by atoms with Crippen molar-refractivity contribution in [3.8, 4) is 0 Å². The standard InChI is InChI=1S/C10H16O6/c1-3-5(2)15-9-7(13)8(6(12)4-11)16-10(9)14/h5-6,8,11-13H,3-4H2,1-2H3/t5?,6-,8+/m0/s1. The molecule has 0 fully saturated rings. The second kappa shape index (κ2) is 5.18. The fourth-order valence-corrected chi connectivity index (χ4v) is 1.21. The zero-order valence-corrected chi connectivity index (χ0v) is 9.21. The third-order valence-electron chi connectivity index (χ3n) is 2.35. The molecule has 3 atom stereocenters. The predicted octanol–water partition coefficient (Wildman–Crippen LogP) is -0.150. The monoisotopic (exact) mass is 232 g/mol. The summed E-state index contributed by atoms with van der Waals surface area (Å²) in [5.41, 5.74) is 0. The lowest BCUT2D eigenvalue weighted by atomic mass is 10.2. The third kappa shape index (κ3) is 2.45. The zero-order chi connectivity index (χ0) is 12.3. The molecule has 0 radical (unpaired) electrons. The highest BCUT2D eigenvalue weighted by Gasteiger charge is 2.40. The Balaban J connectivity index is 2.80. The minimum absolute atomic E-state index is 0.241. The summed E-state index contributed by atoms with van der Waals surface area (Å²) in [6.45, 7) is 2.99. The van der Waals surface area contributed by atoms with E-state index in [4.69, 9.17) is 9.84 Å². The molecule has 6 heteroatoms. The van der Waals surface area contributed by atoms with Gasteiger partial charge in [0.25, 0.3) is 0 Å². The Morgan fingerprint density at radius 2 is 2.19 bits per heavy atom. The van der Waals surface area contributed by atoms with Crippen molar-refractivity contribution in [1.29, 1.82) is 0 Å². The summed E-state index contributed by atoms with van der Waals surface area (Å²) in [6.07, 6.45) is -2.16. The number of carbonyl (C=O) groups excluding carboxylic acids is 1. The minimum atomic E-state index is -1.35. The van der Waals surface area contributed by atoms with E-state index < -0.39 is 30.5 Å². The number of hydrogen-bond donors (Lipinski definition) is 3. The number of aliphatic hydroxyl groups excluding tert-OH is 3. The van der Waals surface area contributed by atoms with Gasteiger partial charge in [-0.05, 0) is 13.3 Å². The van der Waals surface area contributed by atoms with Gasteiger partial charge in [-0.1, -0.05) is 6.92 Å². The molecule has 0 bridgehead atoms. The van der Waals surface area contributed by atoms with Gasteiger partial charge < -0.3 is 24.8 Å². The minimum Gasteiger partial charge on any atom is -0.505 e. The molecule has 0 saturated heterocycles. The Morgan fingerprint density at radius 3 is 2.69 bits per heavy atom. The predicted molar refractivity (Wildman–Crippen MR) is 53.5 cm³/mol. The second-order valence-electron chi connectivity index (χ2n) is 3.63. The molecule has 1 aliphatic heterocycles. The molecule has 0 aromatic rings. The van der Waals surface area contributed by atoms with Crippen LogP contribution >= 0.6 is 0 Å². The van der Waals surface area contributed by atoms with E-state index in [0.717, 1.165) is 0 Å².